The van der Waals surface area contributed by atoms with E-state index in [-0.39, 0.29) is 6.61 Å². The van der Waals surface area contributed by atoms with Crippen LogP contribution in [0.3, 0.4) is 0 Å². The predicted octanol–water partition coefficient (Wildman–Crippen LogP) is 2.70. The van der Waals surface area contributed by atoms with E-state index in [1.165, 1.54) is 11.3 Å². The molecule has 0 radical (unpaired) electrons. The average molecular weight is 306 g/mol. The second-order valence-corrected chi connectivity index (χ2v) is 5.84. The highest BCUT2D eigenvalue weighted by Gasteiger charge is 2.22. The molecule has 0 aliphatic carbocycles. The first-order valence-electron chi connectivity index (χ1n) is 6.91. The summed E-state index contributed by atoms with van der Waals surface area (Å²) in [6.07, 6.45) is 0.933. The molecule has 1 N–H and O–H groups in total. The third-order valence-corrected chi connectivity index (χ3v) is 4.47. The SMILES string of the molecule is COCc1nc(N2CCCOc3ccccc32)sc1CO. The van der Waals surface area contributed by atoms with Gasteiger partial charge in [0, 0.05) is 13.7 Å². The molecule has 1 aromatic carbocycles. The topological polar surface area (TPSA) is 54.8 Å². The van der Waals surface area contributed by atoms with E-state index in [1.807, 2.05) is 24.3 Å². The Morgan fingerprint density at radius 2 is 2.29 bits per heavy atom. The number of methoxy groups -OCH3 is 1. The monoisotopic (exact) mass is 306 g/mol. The van der Waals surface area contributed by atoms with E-state index < -0.39 is 0 Å². The Kier molecular flexibility index (Phi) is 4.38. The molecule has 2 heterocycles. The van der Waals surface area contributed by atoms with Gasteiger partial charge in [0.05, 0.1) is 36.1 Å². The van der Waals surface area contributed by atoms with Crippen molar-refractivity contribution in [3.8, 4) is 5.75 Å². The number of aliphatic hydroxyl groups is 1. The number of hydrogen-bond donors (Lipinski definition) is 1. The molecule has 1 aliphatic heterocycles. The number of hydrogen-bond acceptors (Lipinski definition) is 6. The van der Waals surface area contributed by atoms with Crippen LogP contribution >= 0.6 is 11.3 Å². The summed E-state index contributed by atoms with van der Waals surface area (Å²) in [6.45, 7) is 1.96. The Hall–Kier alpha value is -1.63. The molecule has 0 unspecified atom stereocenters. The van der Waals surface area contributed by atoms with Gasteiger partial charge in [0.1, 0.15) is 5.75 Å². The lowest BCUT2D eigenvalue weighted by molar-refractivity contribution is 0.179. The van der Waals surface area contributed by atoms with Gasteiger partial charge in [0.2, 0.25) is 0 Å². The van der Waals surface area contributed by atoms with Crippen LogP contribution in [-0.4, -0.2) is 30.4 Å². The van der Waals surface area contributed by atoms with Crippen molar-refractivity contribution in [1.29, 1.82) is 0 Å². The number of fused-ring (bicyclic) bond motifs is 1. The molecule has 5 nitrogen and oxygen atoms in total. The average Bonchev–Trinajstić information content (AvgIpc) is 2.78. The normalized spacial score (nSPS) is 14.5. The molecule has 112 valence electrons. The number of benzene rings is 1. The maximum atomic E-state index is 9.48. The molecule has 2 aromatic rings. The summed E-state index contributed by atoms with van der Waals surface area (Å²) in [6, 6.07) is 7.98. The summed E-state index contributed by atoms with van der Waals surface area (Å²) in [7, 11) is 1.63. The van der Waals surface area contributed by atoms with E-state index in [0.717, 1.165) is 40.1 Å². The summed E-state index contributed by atoms with van der Waals surface area (Å²) >= 11 is 1.51. The van der Waals surface area contributed by atoms with Crippen LogP contribution in [0, 0.1) is 0 Å². The number of aromatic nitrogens is 1. The van der Waals surface area contributed by atoms with Crippen LogP contribution in [-0.2, 0) is 18.0 Å². The van der Waals surface area contributed by atoms with Gasteiger partial charge in [-0.1, -0.05) is 23.5 Å². The Morgan fingerprint density at radius 3 is 3.10 bits per heavy atom. The number of thiazole rings is 1. The van der Waals surface area contributed by atoms with Crippen molar-refractivity contribution in [3.63, 3.8) is 0 Å². The van der Waals surface area contributed by atoms with Crippen molar-refractivity contribution in [3.05, 3.63) is 34.8 Å². The van der Waals surface area contributed by atoms with Crippen LogP contribution in [0.1, 0.15) is 17.0 Å². The number of ether oxygens (including phenoxy) is 2. The standard InChI is InChI=1S/C15H18N2O3S/c1-19-10-11-14(9-18)21-15(16-11)17-7-4-8-20-13-6-3-2-5-12(13)17/h2-3,5-6,18H,4,7-10H2,1H3. The van der Waals surface area contributed by atoms with Gasteiger partial charge in [-0.25, -0.2) is 4.98 Å². The lowest BCUT2D eigenvalue weighted by atomic mass is 10.2. The van der Waals surface area contributed by atoms with Gasteiger partial charge in [0.25, 0.3) is 0 Å². The zero-order valence-electron chi connectivity index (χ0n) is 11.9. The smallest absolute Gasteiger partial charge is 0.190 e. The molecule has 0 spiro atoms. The molecular weight excluding hydrogens is 288 g/mol. The highest BCUT2D eigenvalue weighted by molar-refractivity contribution is 7.15. The van der Waals surface area contributed by atoms with Crippen LogP contribution in [0.25, 0.3) is 0 Å². The molecule has 1 aromatic heterocycles. The van der Waals surface area contributed by atoms with E-state index in [0.29, 0.717) is 13.2 Å². The minimum Gasteiger partial charge on any atom is -0.491 e. The highest BCUT2D eigenvalue weighted by atomic mass is 32.1. The fraction of sp³-hybridized carbons (Fsp3) is 0.400. The Labute approximate surface area is 127 Å². The lowest BCUT2D eigenvalue weighted by Crippen LogP contribution is -2.17. The van der Waals surface area contributed by atoms with Crippen molar-refractivity contribution in [2.45, 2.75) is 19.6 Å². The van der Waals surface area contributed by atoms with E-state index >= 15 is 0 Å². The molecule has 0 saturated carbocycles. The molecule has 0 saturated heterocycles. The van der Waals surface area contributed by atoms with Crippen molar-refractivity contribution < 1.29 is 14.6 Å². The highest BCUT2D eigenvalue weighted by Crippen LogP contribution is 2.38. The van der Waals surface area contributed by atoms with Crippen molar-refractivity contribution in [1.82, 2.24) is 4.98 Å². The van der Waals surface area contributed by atoms with Crippen molar-refractivity contribution in [2.75, 3.05) is 25.2 Å². The quantitative estimate of drug-likeness (QED) is 0.941. The maximum absolute atomic E-state index is 9.48. The van der Waals surface area contributed by atoms with Gasteiger partial charge in [-0.15, -0.1) is 0 Å². The third-order valence-electron chi connectivity index (χ3n) is 3.36. The summed E-state index contributed by atoms with van der Waals surface area (Å²) in [5, 5.41) is 10.4. The number of rotatable bonds is 4. The molecular formula is C15H18N2O3S. The Bertz CT molecular complexity index is 615. The summed E-state index contributed by atoms with van der Waals surface area (Å²) in [5.41, 5.74) is 1.83. The van der Waals surface area contributed by atoms with E-state index in [4.69, 9.17) is 9.47 Å². The van der Waals surface area contributed by atoms with Gasteiger partial charge < -0.3 is 19.5 Å². The van der Waals surface area contributed by atoms with Gasteiger partial charge in [-0.2, -0.15) is 0 Å². The maximum Gasteiger partial charge on any atom is 0.190 e. The van der Waals surface area contributed by atoms with Crippen LogP contribution in [0.2, 0.25) is 0 Å². The number of nitrogens with zero attached hydrogens (tertiary/aromatic N) is 2. The van der Waals surface area contributed by atoms with Crippen molar-refractivity contribution in [2.24, 2.45) is 0 Å². The first-order chi connectivity index (χ1) is 10.3. The van der Waals surface area contributed by atoms with Gasteiger partial charge in [0.15, 0.2) is 5.13 Å². The molecule has 0 fully saturated rings. The number of para-hydroxylation sites is 2. The van der Waals surface area contributed by atoms with Gasteiger partial charge >= 0.3 is 0 Å². The molecule has 6 heteroatoms. The van der Waals surface area contributed by atoms with Crippen molar-refractivity contribution >= 4 is 22.2 Å². The van der Waals surface area contributed by atoms with Crippen LogP contribution in [0.5, 0.6) is 5.75 Å². The molecule has 0 amide bonds. The van der Waals surface area contributed by atoms with Gasteiger partial charge in [-0.05, 0) is 18.6 Å². The largest absolute Gasteiger partial charge is 0.491 e. The molecule has 0 atom stereocenters. The second-order valence-electron chi connectivity index (χ2n) is 4.78. The molecule has 0 bridgehead atoms. The zero-order valence-corrected chi connectivity index (χ0v) is 12.7. The van der Waals surface area contributed by atoms with Gasteiger partial charge in [-0.3, -0.25) is 0 Å². The summed E-state index contributed by atoms with van der Waals surface area (Å²) in [4.78, 5) is 7.65. The van der Waals surface area contributed by atoms with Crippen LogP contribution in [0.15, 0.2) is 24.3 Å². The minimum atomic E-state index is -0.0116. The Balaban J connectivity index is 1.99. The zero-order chi connectivity index (χ0) is 14.7. The van der Waals surface area contributed by atoms with E-state index in [1.54, 1.807) is 7.11 Å². The molecule has 21 heavy (non-hydrogen) atoms. The second kappa shape index (κ2) is 6.43. The first kappa shape index (κ1) is 14.3. The first-order valence-corrected chi connectivity index (χ1v) is 7.73. The van der Waals surface area contributed by atoms with E-state index in [2.05, 4.69) is 9.88 Å². The molecule has 3 rings (SSSR count). The predicted molar refractivity (Wildman–Crippen MR) is 82.3 cm³/mol. The fourth-order valence-corrected chi connectivity index (χ4v) is 3.35. The molecule has 1 aliphatic rings. The fourth-order valence-electron chi connectivity index (χ4n) is 2.38. The summed E-state index contributed by atoms with van der Waals surface area (Å²) in [5.74, 6) is 0.879. The number of anilines is 2. The lowest BCUT2D eigenvalue weighted by Gasteiger charge is -2.20. The minimum absolute atomic E-state index is 0.0116. The van der Waals surface area contributed by atoms with E-state index in [9.17, 15) is 5.11 Å². The Morgan fingerprint density at radius 1 is 1.43 bits per heavy atom. The van der Waals surface area contributed by atoms with Crippen LogP contribution < -0.4 is 9.64 Å². The third kappa shape index (κ3) is 2.88. The summed E-state index contributed by atoms with van der Waals surface area (Å²) < 4.78 is 10.9. The van der Waals surface area contributed by atoms with Crippen LogP contribution in [0.4, 0.5) is 10.8 Å². The number of aliphatic hydroxyl groups excluding tert-OH is 1.